The molecule has 0 unspecified atom stereocenters. The molecule has 4 nitrogen and oxygen atoms in total. The van der Waals surface area contributed by atoms with Gasteiger partial charge in [0.1, 0.15) is 11.4 Å². The molecule has 1 amide bonds. The van der Waals surface area contributed by atoms with Crippen LogP contribution < -0.4 is 5.32 Å². The van der Waals surface area contributed by atoms with Crippen molar-refractivity contribution in [3.05, 3.63) is 52.8 Å². The fourth-order valence-corrected chi connectivity index (χ4v) is 1.63. The number of nitrogens with one attached hydrogen (secondary N) is 1. The number of phenols is 1. The quantitative estimate of drug-likeness (QED) is 0.818. The van der Waals surface area contributed by atoms with Crippen LogP contribution in [0, 0.1) is 6.92 Å². The van der Waals surface area contributed by atoms with Crippen LogP contribution in [0.15, 0.2) is 36.4 Å². The molecule has 1 aromatic carbocycles. The zero-order valence-corrected chi connectivity index (χ0v) is 10.4. The van der Waals surface area contributed by atoms with E-state index in [0.717, 1.165) is 5.69 Å². The molecule has 0 atom stereocenters. The van der Waals surface area contributed by atoms with Gasteiger partial charge in [0, 0.05) is 11.4 Å². The predicted octanol–water partition coefficient (Wildman–Crippen LogP) is 3.00. The first-order valence-corrected chi connectivity index (χ1v) is 5.67. The lowest BCUT2D eigenvalue weighted by Crippen LogP contribution is -2.13. The van der Waals surface area contributed by atoms with Gasteiger partial charge in [-0.3, -0.25) is 4.79 Å². The second-order valence-corrected chi connectivity index (χ2v) is 4.19. The number of carbonyl (C=O) groups excluding carboxylic acids is 1. The van der Waals surface area contributed by atoms with Gasteiger partial charge in [-0.1, -0.05) is 17.7 Å². The minimum atomic E-state index is -0.319. The van der Waals surface area contributed by atoms with E-state index >= 15 is 0 Å². The van der Waals surface area contributed by atoms with Gasteiger partial charge in [0.05, 0.1) is 5.02 Å². The monoisotopic (exact) mass is 262 g/mol. The van der Waals surface area contributed by atoms with Gasteiger partial charge in [-0.05, 0) is 37.3 Å². The van der Waals surface area contributed by atoms with Crippen molar-refractivity contribution in [1.29, 1.82) is 0 Å². The molecule has 0 radical (unpaired) electrons. The third kappa shape index (κ3) is 2.78. The summed E-state index contributed by atoms with van der Waals surface area (Å²) >= 11 is 5.75. The number of phenolic OH excluding ortho intramolecular Hbond substituents is 1. The molecule has 18 heavy (non-hydrogen) atoms. The standard InChI is InChI=1S/C13H11ClN2O2/c1-8-3-2-4-11(15-8)13(18)16-9-5-6-12(17)10(14)7-9/h2-7,17H,1H3,(H,16,18). The van der Waals surface area contributed by atoms with E-state index in [9.17, 15) is 9.90 Å². The summed E-state index contributed by atoms with van der Waals surface area (Å²) in [7, 11) is 0. The van der Waals surface area contributed by atoms with Crippen molar-refractivity contribution >= 4 is 23.2 Å². The number of anilines is 1. The summed E-state index contributed by atoms with van der Waals surface area (Å²) in [6, 6.07) is 9.67. The van der Waals surface area contributed by atoms with Crippen LogP contribution >= 0.6 is 11.6 Å². The zero-order valence-electron chi connectivity index (χ0n) is 9.64. The number of aromatic hydroxyl groups is 1. The summed E-state index contributed by atoms with van der Waals surface area (Å²) in [6.45, 7) is 1.81. The van der Waals surface area contributed by atoms with Crippen LogP contribution in [-0.4, -0.2) is 16.0 Å². The Morgan fingerprint density at radius 1 is 1.33 bits per heavy atom. The van der Waals surface area contributed by atoms with E-state index in [0.29, 0.717) is 11.4 Å². The molecule has 0 aliphatic heterocycles. The molecule has 2 aromatic rings. The number of pyridine rings is 1. The third-order valence-electron chi connectivity index (χ3n) is 2.33. The Hall–Kier alpha value is -2.07. The average molecular weight is 263 g/mol. The maximum Gasteiger partial charge on any atom is 0.274 e. The Morgan fingerprint density at radius 2 is 2.11 bits per heavy atom. The number of hydrogen-bond acceptors (Lipinski definition) is 3. The Bertz CT molecular complexity index is 599. The first-order valence-electron chi connectivity index (χ1n) is 5.30. The minimum Gasteiger partial charge on any atom is -0.506 e. The van der Waals surface area contributed by atoms with E-state index in [1.165, 1.54) is 12.1 Å². The van der Waals surface area contributed by atoms with Crippen LogP contribution in [0.25, 0.3) is 0 Å². The molecule has 92 valence electrons. The lowest BCUT2D eigenvalue weighted by Gasteiger charge is -2.06. The number of rotatable bonds is 2. The molecule has 0 aliphatic carbocycles. The summed E-state index contributed by atoms with van der Waals surface area (Å²) in [5.74, 6) is -0.344. The molecule has 1 heterocycles. The zero-order chi connectivity index (χ0) is 13.1. The van der Waals surface area contributed by atoms with Gasteiger partial charge >= 0.3 is 0 Å². The number of carbonyl (C=O) groups is 1. The highest BCUT2D eigenvalue weighted by molar-refractivity contribution is 6.32. The van der Waals surface area contributed by atoms with E-state index in [1.54, 1.807) is 18.2 Å². The molecule has 0 saturated carbocycles. The van der Waals surface area contributed by atoms with Crippen LogP contribution in [0.4, 0.5) is 5.69 Å². The Kier molecular flexibility index (Phi) is 3.48. The van der Waals surface area contributed by atoms with Gasteiger partial charge in [0.25, 0.3) is 5.91 Å². The number of hydrogen-bond donors (Lipinski definition) is 2. The van der Waals surface area contributed by atoms with Crippen molar-refractivity contribution in [2.75, 3.05) is 5.32 Å². The molecular formula is C13H11ClN2O2. The Morgan fingerprint density at radius 3 is 2.78 bits per heavy atom. The van der Waals surface area contributed by atoms with E-state index in [4.69, 9.17) is 11.6 Å². The fraction of sp³-hybridized carbons (Fsp3) is 0.0769. The van der Waals surface area contributed by atoms with Gasteiger partial charge in [-0.25, -0.2) is 4.98 Å². The molecule has 0 bridgehead atoms. The number of aromatic nitrogens is 1. The molecule has 2 rings (SSSR count). The average Bonchev–Trinajstić information content (AvgIpc) is 2.34. The molecule has 0 fully saturated rings. The molecule has 0 spiro atoms. The highest BCUT2D eigenvalue weighted by Crippen LogP contribution is 2.26. The van der Waals surface area contributed by atoms with Crippen molar-refractivity contribution in [3.63, 3.8) is 0 Å². The molecule has 0 aliphatic rings. The third-order valence-corrected chi connectivity index (χ3v) is 2.63. The molecule has 5 heteroatoms. The van der Waals surface area contributed by atoms with Gasteiger partial charge in [0.15, 0.2) is 0 Å². The van der Waals surface area contributed by atoms with Gasteiger partial charge in [-0.2, -0.15) is 0 Å². The highest BCUT2D eigenvalue weighted by atomic mass is 35.5. The fourth-order valence-electron chi connectivity index (χ4n) is 1.45. The lowest BCUT2D eigenvalue weighted by molar-refractivity contribution is 0.102. The largest absolute Gasteiger partial charge is 0.506 e. The van der Waals surface area contributed by atoms with Crippen molar-refractivity contribution in [2.24, 2.45) is 0 Å². The number of aryl methyl sites for hydroxylation is 1. The Labute approximate surface area is 109 Å². The number of amides is 1. The normalized spacial score (nSPS) is 10.1. The van der Waals surface area contributed by atoms with E-state index in [1.807, 2.05) is 13.0 Å². The van der Waals surface area contributed by atoms with Crippen LogP contribution in [0.1, 0.15) is 16.2 Å². The molecule has 0 saturated heterocycles. The topological polar surface area (TPSA) is 62.2 Å². The molecule has 2 N–H and O–H groups in total. The SMILES string of the molecule is Cc1cccc(C(=O)Nc2ccc(O)c(Cl)c2)n1. The van der Waals surface area contributed by atoms with Crippen molar-refractivity contribution in [3.8, 4) is 5.75 Å². The number of halogens is 1. The van der Waals surface area contributed by atoms with Crippen LogP contribution in [0.2, 0.25) is 5.02 Å². The molecule has 1 aromatic heterocycles. The highest BCUT2D eigenvalue weighted by Gasteiger charge is 2.08. The maximum atomic E-state index is 11.9. The summed E-state index contributed by atoms with van der Waals surface area (Å²) < 4.78 is 0. The summed E-state index contributed by atoms with van der Waals surface area (Å²) in [5.41, 5.74) is 1.61. The smallest absolute Gasteiger partial charge is 0.274 e. The van der Waals surface area contributed by atoms with Crippen molar-refractivity contribution < 1.29 is 9.90 Å². The minimum absolute atomic E-state index is 0.0247. The number of benzene rings is 1. The van der Waals surface area contributed by atoms with Gasteiger partial charge in [-0.15, -0.1) is 0 Å². The van der Waals surface area contributed by atoms with Gasteiger partial charge < -0.3 is 10.4 Å². The van der Waals surface area contributed by atoms with Crippen LogP contribution in [0.5, 0.6) is 5.75 Å². The van der Waals surface area contributed by atoms with Gasteiger partial charge in [0.2, 0.25) is 0 Å². The predicted molar refractivity (Wildman–Crippen MR) is 70.0 cm³/mol. The van der Waals surface area contributed by atoms with Crippen molar-refractivity contribution in [2.45, 2.75) is 6.92 Å². The van der Waals surface area contributed by atoms with E-state index < -0.39 is 0 Å². The maximum absolute atomic E-state index is 11.9. The Balaban J connectivity index is 2.18. The van der Waals surface area contributed by atoms with Crippen LogP contribution in [0.3, 0.4) is 0 Å². The lowest BCUT2D eigenvalue weighted by atomic mass is 10.2. The van der Waals surface area contributed by atoms with Crippen molar-refractivity contribution in [1.82, 2.24) is 4.98 Å². The summed E-state index contributed by atoms with van der Waals surface area (Å²) in [4.78, 5) is 16.0. The van der Waals surface area contributed by atoms with E-state index in [-0.39, 0.29) is 16.7 Å². The first-order chi connectivity index (χ1) is 8.56. The van der Waals surface area contributed by atoms with Crippen LogP contribution in [-0.2, 0) is 0 Å². The molecular weight excluding hydrogens is 252 g/mol. The summed E-state index contributed by atoms with van der Waals surface area (Å²) in [6.07, 6.45) is 0. The number of nitrogens with zero attached hydrogens (tertiary/aromatic N) is 1. The summed E-state index contributed by atoms with van der Waals surface area (Å²) in [5, 5.41) is 12.1. The van der Waals surface area contributed by atoms with E-state index in [2.05, 4.69) is 10.3 Å². The first kappa shape index (κ1) is 12.4. The second-order valence-electron chi connectivity index (χ2n) is 3.78. The second kappa shape index (κ2) is 5.06.